The van der Waals surface area contributed by atoms with Gasteiger partial charge in [-0.05, 0) is 44.5 Å². The van der Waals surface area contributed by atoms with Crippen molar-refractivity contribution in [1.82, 2.24) is 19.7 Å². The molecule has 0 spiro atoms. The molecule has 0 radical (unpaired) electrons. The summed E-state index contributed by atoms with van der Waals surface area (Å²) in [6.07, 6.45) is 0.809. The highest BCUT2D eigenvalue weighted by Gasteiger charge is 2.24. The predicted molar refractivity (Wildman–Crippen MR) is 123 cm³/mol. The van der Waals surface area contributed by atoms with E-state index < -0.39 is 0 Å². The van der Waals surface area contributed by atoms with Crippen LogP contribution >= 0.6 is 23.7 Å². The highest BCUT2D eigenvalue weighted by atomic mass is 35.5. The van der Waals surface area contributed by atoms with Gasteiger partial charge in [-0.15, -0.1) is 12.4 Å². The third-order valence-electron chi connectivity index (χ3n) is 5.27. The summed E-state index contributed by atoms with van der Waals surface area (Å²) < 4.78 is 21.6. The average Bonchev–Trinajstić information content (AvgIpc) is 3.34. The number of thiazole rings is 1. The monoisotopic (exact) mass is 467 g/mol. The number of benzene rings is 1. The molecule has 1 aromatic carbocycles. The van der Waals surface area contributed by atoms with E-state index in [2.05, 4.69) is 15.0 Å². The van der Waals surface area contributed by atoms with Gasteiger partial charge in [0.2, 0.25) is 0 Å². The van der Waals surface area contributed by atoms with Crippen LogP contribution < -0.4 is 4.90 Å². The molecule has 0 N–H and O–H groups in total. The van der Waals surface area contributed by atoms with Crippen molar-refractivity contribution in [2.45, 2.75) is 26.8 Å². The van der Waals surface area contributed by atoms with E-state index in [9.17, 15) is 9.18 Å². The Kier molecular flexibility index (Phi) is 7.99. The molecule has 1 fully saturated rings. The van der Waals surface area contributed by atoms with Gasteiger partial charge in [-0.3, -0.25) is 19.3 Å². The Balaban J connectivity index is 0.00000272. The number of halogens is 2. The first-order valence-electron chi connectivity index (χ1n) is 10.3. The van der Waals surface area contributed by atoms with Crippen LogP contribution in [-0.2, 0) is 11.3 Å². The fourth-order valence-electron chi connectivity index (χ4n) is 3.64. The molecule has 0 saturated carbocycles. The molecule has 0 bridgehead atoms. The minimum Gasteiger partial charge on any atom is -0.379 e. The van der Waals surface area contributed by atoms with Crippen molar-refractivity contribution in [3.63, 3.8) is 0 Å². The number of aryl methyl sites for hydroxylation is 2. The molecule has 3 heterocycles. The van der Waals surface area contributed by atoms with E-state index in [1.165, 1.54) is 23.5 Å². The van der Waals surface area contributed by atoms with Gasteiger partial charge < -0.3 is 4.74 Å². The molecule has 168 valence electrons. The van der Waals surface area contributed by atoms with Gasteiger partial charge in [0, 0.05) is 38.4 Å². The number of carbonyl (C=O) groups is 1. The van der Waals surface area contributed by atoms with E-state index in [0.717, 1.165) is 49.7 Å². The van der Waals surface area contributed by atoms with Crippen LogP contribution in [0, 0.1) is 12.7 Å². The van der Waals surface area contributed by atoms with Gasteiger partial charge in [0.05, 0.1) is 23.4 Å². The van der Waals surface area contributed by atoms with Gasteiger partial charge in [0.1, 0.15) is 5.82 Å². The van der Waals surface area contributed by atoms with Crippen LogP contribution in [0.1, 0.15) is 29.5 Å². The van der Waals surface area contributed by atoms with Gasteiger partial charge in [-0.2, -0.15) is 5.10 Å². The molecule has 2 aromatic heterocycles. The largest absolute Gasteiger partial charge is 0.379 e. The minimum absolute atomic E-state index is 0. The van der Waals surface area contributed by atoms with Crippen molar-refractivity contribution in [2.75, 3.05) is 44.3 Å². The smallest absolute Gasteiger partial charge is 0.280 e. The Morgan fingerprint density at radius 3 is 2.77 bits per heavy atom. The third kappa shape index (κ3) is 5.41. The number of morpholine rings is 1. The number of carbonyl (C=O) groups excluding carboxylic acids is 1. The van der Waals surface area contributed by atoms with Gasteiger partial charge in [-0.25, -0.2) is 9.37 Å². The maximum atomic E-state index is 13.6. The van der Waals surface area contributed by atoms with Gasteiger partial charge in [0.15, 0.2) is 10.8 Å². The lowest BCUT2D eigenvalue weighted by Gasteiger charge is -2.27. The lowest BCUT2D eigenvalue weighted by molar-refractivity contribution is 0.0376. The van der Waals surface area contributed by atoms with E-state index >= 15 is 0 Å². The SMILES string of the molecule is CCn1nc(C(=O)N(CCCN2CCOCC2)c2nc3ccc(F)cc3s2)cc1C.Cl. The second kappa shape index (κ2) is 10.5. The van der Waals surface area contributed by atoms with E-state index in [4.69, 9.17) is 4.74 Å². The summed E-state index contributed by atoms with van der Waals surface area (Å²) in [5.74, 6) is -0.480. The Morgan fingerprint density at radius 1 is 1.29 bits per heavy atom. The normalized spacial score (nSPS) is 14.5. The van der Waals surface area contributed by atoms with Crippen molar-refractivity contribution in [3.05, 3.63) is 41.5 Å². The second-order valence-corrected chi connectivity index (χ2v) is 8.37. The zero-order chi connectivity index (χ0) is 21.1. The quantitative estimate of drug-likeness (QED) is 0.529. The molecule has 0 unspecified atom stereocenters. The van der Waals surface area contributed by atoms with Crippen molar-refractivity contribution < 1.29 is 13.9 Å². The minimum atomic E-state index is -0.305. The Labute approximate surface area is 191 Å². The number of anilines is 1. The summed E-state index contributed by atoms with van der Waals surface area (Å²) in [7, 11) is 0. The lowest BCUT2D eigenvalue weighted by atomic mass is 10.3. The van der Waals surface area contributed by atoms with Crippen LogP contribution in [0.3, 0.4) is 0 Å². The van der Waals surface area contributed by atoms with Crippen LogP contribution in [0.4, 0.5) is 9.52 Å². The highest BCUT2D eigenvalue weighted by molar-refractivity contribution is 7.22. The van der Waals surface area contributed by atoms with Gasteiger partial charge in [-0.1, -0.05) is 11.3 Å². The summed E-state index contributed by atoms with van der Waals surface area (Å²) in [4.78, 5) is 22.0. The standard InChI is InChI=1S/C21H26FN5O2S.ClH/c1-3-27-15(2)13-18(24-27)20(28)26(8-4-7-25-9-11-29-12-10-25)21-23-17-6-5-16(22)14-19(17)30-21;/h5-6,13-14H,3-4,7-12H2,1-2H3;1H. The first-order chi connectivity index (χ1) is 14.5. The number of nitrogens with zero attached hydrogens (tertiary/aromatic N) is 5. The molecule has 0 atom stereocenters. The number of amides is 1. The fourth-order valence-corrected chi connectivity index (χ4v) is 4.65. The molecule has 1 saturated heterocycles. The predicted octanol–water partition coefficient (Wildman–Crippen LogP) is 3.75. The molecule has 4 rings (SSSR count). The molecule has 1 amide bonds. The van der Waals surface area contributed by atoms with E-state index in [1.807, 2.05) is 24.6 Å². The Bertz CT molecular complexity index is 1030. The van der Waals surface area contributed by atoms with Crippen LogP contribution in [-0.4, -0.2) is 65.0 Å². The molecule has 1 aliphatic heterocycles. The number of hydrogen-bond acceptors (Lipinski definition) is 6. The van der Waals surface area contributed by atoms with Crippen molar-refractivity contribution in [3.8, 4) is 0 Å². The molecular formula is C21H27ClFN5O2S. The number of rotatable bonds is 7. The van der Waals surface area contributed by atoms with Crippen molar-refractivity contribution >= 4 is 45.0 Å². The molecule has 31 heavy (non-hydrogen) atoms. The van der Waals surface area contributed by atoms with Crippen LogP contribution in [0.15, 0.2) is 24.3 Å². The van der Waals surface area contributed by atoms with Crippen LogP contribution in [0.2, 0.25) is 0 Å². The van der Waals surface area contributed by atoms with Crippen LogP contribution in [0.5, 0.6) is 0 Å². The summed E-state index contributed by atoms with van der Waals surface area (Å²) in [5.41, 5.74) is 2.05. The highest BCUT2D eigenvalue weighted by Crippen LogP contribution is 2.30. The Morgan fingerprint density at radius 2 is 2.06 bits per heavy atom. The van der Waals surface area contributed by atoms with E-state index in [1.54, 1.807) is 11.0 Å². The van der Waals surface area contributed by atoms with Gasteiger partial charge >= 0.3 is 0 Å². The molecule has 7 nitrogen and oxygen atoms in total. The topological polar surface area (TPSA) is 63.5 Å². The van der Waals surface area contributed by atoms with Crippen molar-refractivity contribution in [1.29, 1.82) is 0 Å². The first kappa shape index (κ1) is 23.6. The second-order valence-electron chi connectivity index (χ2n) is 7.36. The zero-order valence-electron chi connectivity index (χ0n) is 17.7. The van der Waals surface area contributed by atoms with Gasteiger partial charge in [0.25, 0.3) is 5.91 Å². The summed E-state index contributed by atoms with van der Waals surface area (Å²) in [6.45, 7) is 9.37. The molecule has 3 aromatic rings. The lowest BCUT2D eigenvalue weighted by Crippen LogP contribution is -2.39. The number of hydrogen-bond donors (Lipinski definition) is 0. The van der Waals surface area contributed by atoms with Crippen LogP contribution in [0.25, 0.3) is 10.2 Å². The molecule has 0 aliphatic carbocycles. The van der Waals surface area contributed by atoms with E-state index in [0.29, 0.717) is 29.4 Å². The third-order valence-corrected chi connectivity index (χ3v) is 6.32. The maximum absolute atomic E-state index is 13.6. The number of aromatic nitrogens is 3. The number of fused-ring (bicyclic) bond motifs is 1. The summed E-state index contributed by atoms with van der Waals surface area (Å²) in [6, 6.07) is 6.32. The fraction of sp³-hybridized carbons (Fsp3) is 0.476. The van der Waals surface area contributed by atoms with Crippen molar-refractivity contribution in [2.24, 2.45) is 0 Å². The maximum Gasteiger partial charge on any atom is 0.280 e. The van der Waals surface area contributed by atoms with E-state index in [-0.39, 0.29) is 24.1 Å². The zero-order valence-corrected chi connectivity index (χ0v) is 19.3. The molecule has 1 aliphatic rings. The Hall–Kier alpha value is -2.07. The molecular weight excluding hydrogens is 441 g/mol. The first-order valence-corrected chi connectivity index (χ1v) is 11.1. The summed E-state index contributed by atoms with van der Waals surface area (Å²) >= 11 is 1.33. The summed E-state index contributed by atoms with van der Waals surface area (Å²) in [5, 5.41) is 5.03. The average molecular weight is 468 g/mol. The number of ether oxygens (including phenoxy) is 1. The molecule has 10 heteroatoms.